The quantitative estimate of drug-likeness (QED) is 0.675. The molecule has 1 N–H and O–H groups in total. The van der Waals surface area contributed by atoms with E-state index in [0.29, 0.717) is 13.0 Å². The van der Waals surface area contributed by atoms with Crippen LogP contribution in [0.15, 0.2) is 42.5 Å². The number of amides is 2. The van der Waals surface area contributed by atoms with Gasteiger partial charge in [-0.25, -0.2) is 0 Å². The Morgan fingerprint density at radius 1 is 1.17 bits per heavy atom. The van der Waals surface area contributed by atoms with Crippen molar-refractivity contribution in [2.75, 3.05) is 19.0 Å². The van der Waals surface area contributed by atoms with Gasteiger partial charge in [-0.15, -0.1) is 0 Å². The Bertz CT molecular complexity index is 1120. The lowest BCUT2D eigenvalue weighted by molar-refractivity contribution is -0.147. The van der Waals surface area contributed by atoms with Crippen molar-refractivity contribution in [3.63, 3.8) is 0 Å². The van der Waals surface area contributed by atoms with E-state index in [1.54, 1.807) is 12.0 Å². The van der Waals surface area contributed by atoms with Gasteiger partial charge in [0.2, 0.25) is 5.91 Å². The fourth-order valence-corrected chi connectivity index (χ4v) is 4.00. The molecule has 2 heterocycles. The number of benzene rings is 2. The lowest BCUT2D eigenvalue weighted by Gasteiger charge is -2.37. The van der Waals surface area contributed by atoms with Crippen molar-refractivity contribution in [1.82, 2.24) is 9.47 Å². The van der Waals surface area contributed by atoms with Crippen LogP contribution in [0.5, 0.6) is 5.75 Å². The molecule has 0 bridgehead atoms. The van der Waals surface area contributed by atoms with Gasteiger partial charge in [0, 0.05) is 47.9 Å². The summed E-state index contributed by atoms with van der Waals surface area (Å²) in [5, 5.41) is 3.96. The van der Waals surface area contributed by atoms with Crippen LogP contribution in [0, 0.1) is 13.8 Å². The number of aromatic nitrogens is 1. The Kier molecular flexibility index (Phi) is 4.78. The predicted molar refractivity (Wildman–Crippen MR) is 113 cm³/mol. The van der Waals surface area contributed by atoms with E-state index in [4.69, 9.17) is 4.74 Å². The summed E-state index contributed by atoms with van der Waals surface area (Å²) in [6, 6.07) is 12.8. The third kappa shape index (κ3) is 3.14. The number of carbonyl (C=O) groups excluding carboxylic acids is 2. The molecule has 1 saturated heterocycles. The van der Waals surface area contributed by atoms with Gasteiger partial charge in [0.1, 0.15) is 11.8 Å². The van der Waals surface area contributed by atoms with Crippen LogP contribution < -0.4 is 10.1 Å². The van der Waals surface area contributed by atoms with E-state index in [0.717, 1.165) is 39.2 Å². The Morgan fingerprint density at radius 2 is 1.93 bits per heavy atom. The Morgan fingerprint density at radius 3 is 2.55 bits per heavy atom. The number of likely N-dealkylation sites (tertiary alicyclic amines) is 1. The minimum Gasteiger partial charge on any atom is -0.497 e. The van der Waals surface area contributed by atoms with Crippen LogP contribution in [0.3, 0.4) is 0 Å². The highest BCUT2D eigenvalue weighted by atomic mass is 16.5. The molecule has 6 nitrogen and oxygen atoms in total. The number of rotatable bonds is 5. The zero-order valence-electron chi connectivity index (χ0n) is 17.2. The number of β-lactam (4-membered cyclic amide) rings is 1. The van der Waals surface area contributed by atoms with Crippen molar-refractivity contribution in [2.45, 2.75) is 26.3 Å². The average molecular weight is 391 g/mol. The molecular formula is C23H25N3O3. The maximum Gasteiger partial charge on any atom is 0.251 e. The molecule has 1 unspecified atom stereocenters. The number of nitrogens with one attached hydrogen (secondary N) is 1. The van der Waals surface area contributed by atoms with Gasteiger partial charge in [-0.3, -0.25) is 9.59 Å². The minimum atomic E-state index is -0.688. The molecule has 4 rings (SSSR count). The highest BCUT2D eigenvalue weighted by molar-refractivity contribution is 6.03. The third-order valence-electron chi connectivity index (χ3n) is 5.87. The first kappa shape index (κ1) is 19.1. The summed E-state index contributed by atoms with van der Waals surface area (Å²) in [6.45, 7) is 4.51. The zero-order valence-corrected chi connectivity index (χ0v) is 17.2. The number of hydrogen-bond acceptors (Lipinski definition) is 3. The largest absolute Gasteiger partial charge is 0.497 e. The van der Waals surface area contributed by atoms with E-state index >= 15 is 0 Å². The van der Waals surface area contributed by atoms with Crippen molar-refractivity contribution in [2.24, 2.45) is 7.05 Å². The summed E-state index contributed by atoms with van der Waals surface area (Å²) in [6.07, 6.45) is 0.473. The van der Waals surface area contributed by atoms with Crippen LogP contribution in [0.25, 0.3) is 10.9 Å². The van der Waals surface area contributed by atoms with Gasteiger partial charge in [0.25, 0.3) is 5.91 Å². The monoisotopic (exact) mass is 391 g/mol. The summed E-state index contributed by atoms with van der Waals surface area (Å²) in [5.41, 5.74) is 4.54. The molecule has 150 valence electrons. The van der Waals surface area contributed by atoms with Crippen LogP contribution in [-0.2, 0) is 16.6 Å². The molecule has 1 aliphatic rings. The molecule has 1 aliphatic heterocycles. The minimum absolute atomic E-state index is 0.00534. The van der Waals surface area contributed by atoms with Gasteiger partial charge in [-0.2, -0.15) is 0 Å². The molecule has 3 aromatic rings. The zero-order chi connectivity index (χ0) is 20.7. The Labute approximate surface area is 170 Å². The lowest BCUT2D eigenvalue weighted by atomic mass is 9.97. The SMILES string of the molecule is COc1ccc2c(c1)c(C(C(=O)Nc1ccccc1C)N1CCC1=O)c(C)n2C. The van der Waals surface area contributed by atoms with E-state index in [9.17, 15) is 9.59 Å². The van der Waals surface area contributed by atoms with Crippen molar-refractivity contribution >= 4 is 28.4 Å². The number of ether oxygens (including phenoxy) is 1. The number of hydrogen-bond donors (Lipinski definition) is 1. The number of fused-ring (bicyclic) bond motifs is 1. The first-order chi connectivity index (χ1) is 13.9. The standard InChI is InChI=1S/C23H25N3O3/c1-14-7-5-6-8-18(14)24-23(28)22(26-12-11-20(26)27)21-15(2)25(3)19-10-9-16(29-4)13-17(19)21/h5-10,13,22H,11-12H2,1-4H3,(H,24,28). The van der Waals surface area contributed by atoms with E-state index in [-0.39, 0.29) is 11.8 Å². The summed E-state index contributed by atoms with van der Waals surface area (Å²) in [5.74, 6) is 0.511. The first-order valence-electron chi connectivity index (χ1n) is 9.71. The fourth-order valence-electron chi connectivity index (χ4n) is 4.00. The normalized spacial score (nSPS) is 14.6. The molecule has 2 aromatic carbocycles. The number of anilines is 1. The van der Waals surface area contributed by atoms with E-state index in [2.05, 4.69) is 9.88 Å². The smallest absolute Gasteiger partial charge is 0.251 e. The van der Waals surface area contributed by atoms with E-state index in [1.165, 1.54) is 0 Å². The second kappa shape index (κ2) is 7.28. The topological polar surface area (TPSA) is 63.6 Å². The summed E-state index contributed by atoms with van der Waals surface area (Å²) in [7, 11) is 3.60. The van der Waals surface area contributed by atoms with Crippen molar-refractivity contribution < 1.29 is 14.3 Å². The highest BCUT2D eigenvalue weighted by Gasteiger charge is 2.39. The molecule has 1 atom stereocenters. The van der Waals surface area contributed by atoms with Gasteiger partial charge in [0.15, 0.2) is 0 Å². The molecule has 0 radical (unpaired) electrons. The predicted octanol–water partition coefficient (Wildman–Crippen LogP) is 3.72. The second-order valence-electron chi connectivity index (χ2n) is 7.49. The maximum absolute atomic E-state index is 13.5. The highest BCUT2D eigenvalue weighted by Crippen LogP contribution is 2.38. The van der Waals surface area contributed by atoms with Gasteiger partial charge in [0.05, 0.1) is 7.11 Å². The van der Waals surface area contributed by atoms with Crippen LogP contribution >= 0.6 is 0 Å². The average Bonchev–Trinajstić information content (AvgIpc) is 2.96. The maximum atomic E-state index is 13.5. The molecule has 1 fully saturated rings. The fraction of sp³-hybridized carbons (Fsp3) is 0.304. The Balaban J connectivity index is 1.84. The van der Waals surface area contributed by atoms with Crippen LogP contribution in [0.2, 0.25) is 0 Å². The summed E-state index contributed by atoms with van der Waals surface area (Å²) in [4.78, 5) is 27.5. The molecule has 0 aliphatic carbocycles. The van der Waals surface area contributed by atoms with Gasteiger partial charge < -0.3 is 19.5 Å². The number of nitrogens with zero attached hydrogens (tertiary/aromatic N) is 2. The molecule has 1 aromatic heterocycles. The van der Waals surface area contributed by atoms with Crippen molar-refractivity contribution in [3.8, 4) is 5.75 Å². The number of aryl methyl sites for hydroxylation is 2. The molecule has 0 spiro atoms. The first-order valence-corrected chi connectivity index (χ1v) is 9.71. The van der Waals surface area contributed by atoms with Crippen LogP contribution in [-0.4, -0.2) is 34.9 Å². The van der Waals surface area contributed by atoms with Gasteiger partial charge in [-0.05, 0) is 43.7 Å². The Hall–Kier alpha value is -3.28. The number of para-hydroxylation sites is 1. The van der Waals surface area contributed by atoms with Crippen LogP contribution in [0.1, 0.15) is 29.3 Å². The van der Waals surface area contributed by atoms with Crippen LogP contribution in [0.4, 0.5) is 5.69 Å². The van der Waals surface area contributed by atoms with Crippen molar-refractivity contribution in [1.29, 1.82) is 0 Å². The van der Waals surface area contributed by atoms with Gasteiger partial charge >= 0.3 is 0 Å². The molecule has 2 amide bonds. The third-order valence-corrected chi connectivity index (χ3v) is 5.87. The number of carbonyl (C=O) groups is 2. The molecule has 29 heavy (non-hydrogen) atoms. The van der Waals surface area contributed by atoms with Gasteiger partial charge in [-0.1, -0.05) is 18.2 Å². The van der Waals surface area contributed by atoms with Crippen molar-refractivity contribution in [3.05, 3.63) is 59.3 Å². The molecule has 0 saturated carbocycles. The van der Waals surface area contributed by atoms with E-state index in [1.807, 2.05) is 63.4 Å². The summed E-state index contributed by atoms with van der Waals surface area (Å²) >= 11 is 0. The molecular weight excluding hydrogens is 366 g/mol. The van der Waals surface area contributed by atoms with E-state index < -0.39 is 6.04 Å². The molecule has 6 heteroatoms. The second-order valence-corrected chi connectivity index (χ2v) is 7.49. The number of methoxy groups -OCH3 is 1. The lowest BCUT2D eigenvalue weighted by Crippen LogP contribution is -2.49. The summed E-state index contributed by atoms with van der Waals surface area (Å²) < 4.78 is 7.47.